The molecule has 2 N–H and O–H groups in total. The molecule has 0 bridgehead atoms. The second kappa shape index (κ2) is 5.65. The number of hydrogen-bond donors (Lipinski definition) is 2. The van der Waals surface area contributed by atoms with E-state index in [-0.39, 0.29) is 17.0 Å². The lowest BCUT2D eigenvalue weighted by Crippen LogP contribution is -2.28. The third kappa shape index (κ3) is 3.11. The van der Waals surface area contributed by atoms with Crippen molar-refractivity contribution in [1.29, 1.82) is 0 Å². The fraction of sp³-hybridized carbons (Fsp3) is 0.333. The fourth-order valence-electron chi connectivity index (χ4n) is 2.08. The highest BCUT2D eigenvalue weighted by Crippen LogP contribution is 2.27. The summed E-state index contributed by atoms with van der Waals surface area (Å²) in [6.07, 6.45) is 0. The normalized spacial score (nSPS) is 11.6. The molecule has 1 heterocycles. The molecule has 0 atom stereocenters. The number of rotatable bonds is 4. The summed E-state index contributed by atoms with van der Waals surface area (Å²) < 4.78 is 18.7. The van der Waals surface area contributed by atoms with Crippen molar-refractivity contribution in [2.24, 2.45) is 0 Å². The summed E-state index contributed by atoms with van der Waals surface area (Å²) in [6.45, 7) is 5.72. The van der Waals surface area contributed by atoms with Gasteiger partial charge < -0.3 is 14.8 Å². The highest BCUT2D eigenvalue weighted by atomic mass is 19.1. The Hall–Kier alpha value is -2.21. The summed E-state index contributed by atoms with van der Waals surface area (Å²) in [5.74, 6) is -0.732. The Kier molecular flexibility index (Phi) is 4.09. The van der Waals surface area contributed by atoms with Crippen LogP contribution in [0.15, 0.2) is 29.1 Å². The van der Waals surface area contributed by atoms with Crippen LogP contribution >= 0.6 is 0 Å². The van der Waals surface area contributed by atoms with Gasteiger partial charge in [-0.15, -0.1) is 0 Å². The SMILES string of the molecule is CCOC(C)(C)c1nc(O)c(-c2cccc(F)c2)c(=O)[nH]1. The molecule has 0 saturated carbocycles. The maximum atomic E-state index is 13.3. The highest BCUT2D eigenvalue weighted by Gasteiger charge is 2.26. The minimum absolute atomic E-state index is 0.0643. The van der Waals surface area contributed by atoms with Crippen LogP contribution in [0, 0.1) is 5.82 Å². The van der Waals surface area contributed by atoms with Crippen LogP contribution in [-0.2, 0) is 10.3 Å². The standard InChI is InChI=1S/C15H17FN2O3/c1-4-21-15(2,3)14-17-12(19)11(13(20)18-14)9-6-5-7-10(16)8-9/h5-8H,4H2,1-3H3,(H2,17,18,19,20). The zero-order valence-corrected chi connectivity index (χ0v) is 12.1. The van der Waals surface area contributed by atoms with Crippen molar-refractivity contribution >= 4 is 0 Å². The Morgan fingerprint density at radius 1 is 1.43 bits per heavy atom. The maximum absolute atomic E-state index is 13.3. The molecule has 2 aromatic rings. The number of nitrogens with zero attached hydrogens (tertiary/aromatic N) is 1. The first kappa shape index (κ1) is 15.2. The first-order chi connectivity index (χ1) is 9.85. The van der Waals surface area contributed by atoms with Gasteiger partial charge in [-0.3, -0.25) is 4.79 Å². The van der Waals surface area contributed by atoms with Gasteiger partial charge in [0, 0.05) is 6.61 Å². The van der Waals surface area contributed by atoms with E-state index in [0.29, 0.717) is 6.61 Å². The molecule has 0 amide bonds. The largest absolute Gasteiger partial charge is 0.493 e. The van der Waals surface area contributed by atoms with Crippen molar-refractivity contribution in [3.8, 4) is 17.0 Å². The van der Waals surface area contributed by atoms with Crippen LogP contribution in [0.3, 0.4) is 0 Å². The average Bonchev–Trinajstić information content (AvgIpc) is 2.37. The fourth-order valence-corrected chi connectivity index (χ4v) is 2.08. The molecular formula is C15H17FN2O3. The molecule has 0 aliphatic rings. The smallest absolute Gasteiger partial charge is 0.262 e. The van der Waals surface area contributed by atoms with Gasteiger partial charge in [-0.25, -0.2) is 4.39 Å². The molecule has 0 aliphatic heterocycles. The van der Waals surface area contributed by atoms with Gasteiger partial charge in [-0.05, 0) is 38.5 Å². The number of H-pyrrole nitrogens is 1. The van der Waals surface area contributed by atoms with Crippen LogP contribution in [0.1, 0.15) is 26.6 Å². The van der Waals surface area contributed by atoms with E-state index < -0.39 is 22.9 Å². The van der Waals surface area contributed by atoms with Crippen LogP contribution < -0.4 is 5.56 Å². The van der Waals surface area contributed by atoms with Gasteiger partial charge in [-0.2, -0.15) is 4.98 Å². The lowest BCUT2D eigenvalue weighted by Gasteiger charge is -2.23. The third-order valence-electron chi connectivity index (χ3n) is 3.09. The molecule has 0 saturated heterocycles. The first-order valence-electron chi connectivity index (χ1n) is 6.59. The Morgan fingerprint density at radius 2 is 2.14 bits per heavy atom. The molecule has 0 unspecified atom stereocenters. The molecule has 6 heteroatoms. The van der Waals surface area contributed by atoms with Gasteiger partial charge in [-0.1, -0.05) is 12.1 Å². The Labute approximate surface area is 121 Å². The van der Waals surface area contributed by atoms with Crippen LogP contribution in [0.4, 0.5) is 4.39 Å². The molecule has 0 spiro atoms. The van der Waals surface area contributed by atoms with Crippen LogP contribution in [0.25, 0.3) is 11.1 Å². The number of aromatic nitrogens is 2. The van der Waals surface area contributed by atoms with E-state index in [0.717, 1.165) is 0 Å². The Bertz CT molecular complexity index is 710. The summed E-state index contributed by atoms with van der Waals surface area (Å²) >= 11 is 0. The summed E-state index contributed by atoms with van der Waals surface area (Å²) in [5, 5.41) is 10.0. The predicted octanol–water partition coefficient (Wildman–Crippen LogP) is 2.55. The van der Waals surface area contributed by atoms with Gasteiger partial charge in [0.05, 0.1) is 0 Å². The van der Waals surface area contributed by atoms with Crippen molar-refractivity contribution in [2.45, 2.75) is 26.4 Å². The molecule has 5 nitrogen and oxygen atoms in total. The average molecular weight is 292 g/mol. The third-order valence-corrected chi connectivity index (χ3v) is 3.09. The Morgan fingerprint density at radius 3 is 2.71 bits per heavy atom. The van der Waals surface area contributed by atoms with E-state index in [1.54, 1.807) is 13.8 Å². The summed E-state index contributed by atoms with van der Waals surface area (Å²) in [6, 6.07) is 5.41. The van der Waals surface area contributed by atoms with E-state index in [2.05, 4.69) is 9.97 Å². The minimum atomic E-state index is -0.841. The quantitative estimate of drug-likeness (QED) is 0.908. The van der Waals surface area contributed by atoms with E-state index in [4.69, 9.17) is 4.74 Å². The molecule has 0 radical (unpaired) electrons. The molecule has 0 fully saturated rings. The molecular weight excluding hydrogens is 275 g/mol. The topological polar surface area (TPSA) is 75.2 Å². The molecule has 0 aliphatic carbocycles. The van der Waals surface area contributed by atoms with Crippen molar-refractivity contribution in [1.82, 2.24) is 9.97 Å². The Balaban J connectivity index is 2.55. The molecule has 112 valence electrons. The summed E-state index contributed by atoms with van der Waals surface area (Å²) in [7, 11) is 0. The highest BCUT2D eigenvalue weighted by molar-refractivity contribution is 5.67. The van der Waals surface area contributed by atoms with Crippen molar-refractivity contribution < 1.29 is 14.2 Å². The van der Waals surface area contributed by atoms with Gasteiger partial charge in [0.1, 0.15) is 22.8 Å². The van der Waals surface area contributed by atoms with Crippen molar-refractivity contribution in [3.05, 3.63) is 46.3 Å². The zero-order valence-electron chi connectivity index (χ0n) is 12.1. The van der Waals surface area contributed by atoms with E-state index in [1.807, 2.05) is 6.92 Å². The lowest BCUT2D eigenvalue weighted by molar-refractivity contribution is -0.0213. The monoisotopic (exact) mass is 292 g/mol. The van der Waals surface area contributed by atoms with E-state index in [9.17, 15) is 14.3 Å². The number of hydrogen-bond acceptors (Lipinski definition) is 4. The van der Waals surface area contributed by atoms with Gasteiger partial charge >= 0.3 is 0 Å². The number of aromatic hydroxyl groups is 1. The van der Waals surface area contributed by atoms with E-state index >= 15 is 0 Å². The minimum Gasteiger partial charge on any atom is -0.493 e. The molecule has 1 aromatic heterocycles. The number of nitrogens with one attached hydrogen (secondary N) is 1. The van der Waals surface area contributed by atoms with Crippen molar-refractivity contribution in [3.63, 3.8) is 0 Å². The van der Waals surface area contributed by atoms with Crippen LogP contribution in [0.5, 0.6) is 5.88 Å². The molecule has 21 heavy (non-hydrogen) atoms. The lowest BCUT2D eigenvalue weighted by atomic mass is 10.1. The van der Waals surface area contributed by atoms with E-state index in [1.165, 1.54) is 24.3 Å². The second-order valence-electron chi connectivity index (χ2n) is 5.07. The molecule has 2 rings (SSSR count). The van der Waals surface area contributed by atoms with Crippen LogP contribution in [-0.4, -0.2) is 21.7 Å². The van der Waals surface area contributed by atoms with Crippen molar-refractivity contribution in [2.75, 3.05) is 6.61 Å². The summed E-state index contributed by atoms with van der Waals surface area (Å²) in [4.78, 5) is 18.8. The maximum Gasteiger partial charge on any atom is 0.262 e. The first-order valence-corrected chi connectivity index (χ1v) is 6.59. The number of ether oxygens (including phenoxy) is 1. The van der Waals surface area contributed by atoms with Crippen LogP contribution in [0.2, 0.25) is 0 Å². The number of benzene rings is 1. The second-order valence-corrected chi connectivity index (χ2v) is 5.07. The zero-order chi connectivity index (χ0) is 15.6. The number of aromatic amines is 1. The predicted molar refractivity (Wildman–Crippen MR) is 76.6 cm³/mol. The molecule has 1 aromatic carbocycles. The van der Waals surface area contributed by atoms with Gasteiger partial charge in [0.25, 0.3) is 5.56 Å². The van der Waals surface area contributed by atoms with Gasteiger partial charge in [0.15, 0.2) is 0 Å². The number of halogens is 1. The van der Waals surface area contributed by atoms with Gasteiger partial charge in [0.2, 0.25) is 5.88 Å². The summed E-state index contributed by atoms with van der Waals surface area (Å²) in [5.41, 5.74) is -1.19.